The van der Waals surface area contributed by atoms with Crippen molar-refractivity contribution in [2.24, 2.45) is 0 Å². The Morgan fingerprint density at radius 2 is 1.85 bits per heavy atom. The summed E-state index contributed by atoms with van der Waals surface area (Å²) in [6, 6.07) is 12.3. The molecular weight excluding hydrogens is 362 g/mol. The van der Waals surface area contributed by atoms with E-state index < -0.39 is 10.0 Å². The molecule has 27 heavy (non-hydrogen) atoms. The number of nitrogens with zero attached hydrogens (tertiary/aromatic N) is 2. The highest BCUT2D eigenvalue weighted by molar-refractivity contribution is 7.89. The third-order valence-corrected chi connectivity index (χ3v) is 6.33. The van der Waals surface area contributed by atoms with Crippen molar-refractivity contribution in [2.75, 3.05) is 0 Å². The molecule has 0 bridgehead atoms. The van der Waals surface area contributed by atoms with Gasteiger partial charge < -0.3 is 4.74 Å². The number of sulfonamides is 1. The Morgan fingerprint density at radius 1 is 1.15 bits per heavy atom. The lowest BCUT2D eigenvalue weighted by Gasteiger charge is -2.29. The van der Waals surface area contributed by atoms with Gasteiger partial charge in [-0.2, -0.15) is 5.26 Å². The predicted molar refractivity (Wildman–Crippen MR) is 102 cm³/mol. The summed E-state index contributed by atoms with van der Waals surface area (Å²) < 4.78 is 33.8. The highest BCUT2D eigenvalue weighted by Gasteiger charge is 2.26. The first-order chi connectivity index (χ1) is 13.0. The van der Waals surface area contributed by atoms with Gasteiger partial charge in [-0.3, -0.25) is 0 Å². The molecule has 0 saturated heterocycles. The Bertz CT molecular complexity index is 895. The Hall–Kier alpha value is -2.43. The van der Waals surface area contributed by atoms with Crippen LogP contribution in [0.1, 0.15) is 43.7 Å². The van der Waals surface area contributed by atoms with Gasteiger partial charge in [-0.25, -0.2) is 18.1 Å². The van der Waals surface area contributed by atoms with E-state index in [0.29, 0.717) is 29.2 Å². The lowest BCUT2D eigenvalue weighted by atomic mass is 9.94. The number of rotatable bonds is 6. The molecule has 0 radical (unpaired) electrons. The van der Waals surface area contributed by atoms with Crippen molar-refractivity contribution in [1.82, 2.24) is 9.71 Å². The van der Waals surface area contributed by atoms with Crippen LogP contribution in [0.2, 0.25) is 0 Å². The number of pyridine rings is 1. The Morgan fingerprint density at radius 3 is 2.41 bits per heavy atom. The summed E-state index contributed by atoms with van der Waals surface area (Å²) >= 11 is 0. The number of hydrogen-bond donors (Lipinski definition) is 1. The zero-order valence-corrected chi connectivity index (χ0v) is 16.1. The van der Waals surface area contributed by atoms with Crippen LogP contribution in [0.25, 0.3) is 0 Å². The molecule has 0 atom stereocenters. The van der Waals surface area contributed by atoms with Crippen LogP contribution in [0.4, 0.5) is 0 Å². The molecule has 1 N–H and O–H groups in total. The van der Waals surface area contributed by atoms with Crippen LogP contribution in [-0.4, -0.2) is 25.5 Å². The van der Waals surface area contributed by atoms with Gasteiger partial charge in [-0.1, -0.05) is 19.1 Å². The summed E-state index contributed by atoms with van der Waals surface area (Å²) in [5, 5.41) is 8.79. The fourth-order valence-electron chi connectivity index (χ4n) is 3.18. The van der Waals surface area contributed by atoms with Gasteiger partial charge in [0.2, 0.25) is 15.9 Å². The quantitative estimate of drug-likeness (QED) is 0.824. The summed E-state index contributed by atoms with van der Waals surface area (Å²) in [4.78, 5) is 4.42. The molecule has 0 unspecified atom stereocenters. The van der Waals surface area contributed by atoms with Gasteiger partial charge in [0.05, 0.1) is 10.5 Å². The first-order valence-electron chi connectivity index (χ1n) is 9.14. The minimum absolute atomic E-state index is 0.00928. The van der Waals surface area contributed by atoms with Crippen molar-refractivity contribution in [3.63, 3.8) is 0 Å². The van der Waals surface area contributed by atoms with Gasteiger partial charge in [0.15, 0.2) is 0 Å². The van der Waals surface area contributed by atoms with Crippen molar-refractivity contribution in [2.45, 2.75) is 56.1 Å². The van der Waals surface area contributed by atoms with E-state index in [1.165, 1.54) is 6.20 Å². The lowest BCUT2D eigenvalue weighted by molar-refractivity contribution is 0.138. The monoisotopic (exact) mass is 385 g/mol. The molecule has 3 rings (SSSR count). The van der Waals surface area contributed by atoms with E-state index >= 15 is 0 Å². The summed E-state index contributed by atoms with van der Waals surface area (Å²) in [6.45, 7) is 2.04. The Balaban J connectivity index is 1.53. The highest BCUT2D eigenvalue weighted by atomic mass is 32.2. The topological polar surface area (TPSA) is 92.1 Å². The van der Waals surface area contributed by atoms with E-state index in [2.05, 4.69) is 9.71 Å². The zero-order valence-electron chi connectivity index (χ0n) is 15.3. The van der Waals surface area contributed by atoms with Gasteiger partial charge in [0.25, 0.3) is 0 Å². The SMILES string of the molecule is CCc1ccc(S(=O)(=O)NC2CCC(Oc3ccc(C#N)cn3)CC2)cc1. The molecule has 1 fully saturated rings. The van der Waals surface area contributed by atoms with Crippen LogP contribution >= 0.6 is 0 Å². The smallest absolute Gasteiger partial charge is 0.240 e. The van der Waals surface area contributed by atoms with E-state index in [0.717, 1.165) is 24.8 Å². The van der Waals surface area contributed by atoms with Crippen LogP contribution in [0, 0.1) is 11.3 Å². The minimum Gasteiger partial charge on any atom is -0.474 e. The second kappa shape index (κ2) is 8.51. The number of aryl methyl sites for hydroxylation is 1. The summed E-state index contributed by atoms with van der Waals surface area (Å²) in [7, 11) is -3.50. The van der Waals surface area contributed by atoms with Crippen molar-refractivity contribution in [3.8, 4) is 11.9 Å². The van der Waals surface area contributed by atoms with Gasteiger partial charge in [0.1, 0.15) is 12.2 Å². The molecule has 1 heterocycles. The standard InChI is InChI=1S/C20H23N3O3S/c1-2-15-3-10-19(11-4-15)27(24,25)23-17-6-8-18(9-7-17)26-20-12-5-16(13-21)14-22-20/h3-5,10-12,14,17-18,23H,2,6-9H2,1H3. The molecule has 0 aliphatic heterocycles. The zero-order chi connectivity index (χ0) is 19.3. The molecule has 6 nitrogen and oxygen atoms in total. The predicted octanol–water partition coefficient (Wildman–Crippen LogP) is 3.18. The van der Waals surface area contributed by atoms with E-state index in [9.17, 15) is 8.42 Å². The summed E-state index contributed by atoms with van der Waals surface area (Å²) in [5.74, 6) is 0.494. The molecular formula is C20H23N3O3S. The number of nitriles is 1. The fraction of sp³-hybridized carbons (Fsp3) is 0.400. The van der Waals surface area contributed by atoms with Gasteiger partial charge >= 0.3 is 0 Å². The van der Waals surface area contributed by atoms with Crippen LogP contribution in [-0.2, 0) is 16.4 Å². The van der Waals surface area contributed by atoms with Crippen LogP contribution in [0.3, 0.4) is 0 Å². The van der Waals surface area contributed by atoms with Gasteiger partial charge in [-0.15, -0.1) is 0 Å². The van der Waals surface area contributed by atoms with Crippen LogP contribution in [0.5, 0.6) is 5.88 Å². The molecule has 142 valence electrons. The molecule has 1 aromatic heterocycles. The van der Waals surface area contributed by atoms with E-state index in [-0.39, 0.29) is 12.1 Å². The number of aromatic nitrogens is 1. The average molecular weight is 385 g/mol. The maximum Gasteiger partial charge on any atom is 0.240 e. The first-order valence-corrected chi connectivity index (χ1v) is 10.6. The number of benzene rings is 1. The van der Waals surface area contributed by atoms with Crippen LogP contribution in [0.15, 0.2) is 47.5 Å². The van der Waals surface area contributed by atoms with E-state index in [1.54, 1.807) is 24.3 Å². The highest BCUT2D eigenvalue weighted by Crippen LogP contribution is 2.24. The summed E-state index contributed by atoms with van der Waals surface area (Å²) in [6.07, 6.45) is 5.31. The lowest BCUT2D eigenvalue weighted by Crippen LogP contribution is -2.39. The molecule has 1 aliphatic carbocycles. The third-order valence-electron chi connectivity index (χ3n) is 4.79. The van der Waals surface area contributed by atoms with E-state index in [4.69, 9.17) is 10.00 Å². The Kier molecular flexibility index (Phi) is 6.09. The second-order valence-corrected chi connectivity index (χ2v) is 8.42. The number of ether oxygens (including phenoxy) is 1. The van der Waals surface area contributed by atoms with Crippen LogP contribution < -0.4 is 9.46 Å². The summed E-state index contributed by atoms with van der Waals surface area (Å²) in [5.41, 5.74) is 1.61. The maximum absolute atomic E-state index is 12.6. The van der Waals surface area contributed by atoms with Crippen molar-refractivity contribution < 1.29 is 13.2 Å². The molecule has 2 aromatic rings. The largest absolute Gasteiger partial charge is 0.474 e. The molecule has 7 heteroatoms. The maximum atomic E-state index is 12.6. The van der Waals surface area contributed by atoms with Gasteiger partial charge in [-0.05, 0) is 55.9 Å². The van der Waals surface area contributed by atoms with Crippen molar-refractivity contribution in [3.05, 3.63) is 53.7 Å². The second-order valence-electron chi connectivity index (χ2n) is 6.71. The molecule has 1 aliphatic rings. The van der Waals surface area contributed by atoms with Crippen molar-refractivity contribution in [1.29, 1.82) is 5.26 Å². The molecule has 1 aromatic carbocycles. The Labute approximate surface area is 160 Å². The van der Waals surface area contributed by atoms with Gasteiger partial charge in [0, 0.05) is 18.3 Å². The number of nitrogens with one attached hydrogen (secondary N) is 1. The molecule has 1 saturated carbocycles. The molecule has 0 amide bonds. The van der Waals surface area contributed by atoms with Crippen molar-refractivity contribution >= 4 is 10.0 Å². The fourth-order valence-corrected chi connectivity index (χ4v) is 4.48. The van der Waals surface area contributed by atoms with E-state index in [1.807, 2.05) is 25.1 Å². The average Bonchev–Trinajstić information content (AvgIpc) is 2.70. The minimum atomic E-state index is -3.50. The first kappa shape index (κ1) is 19.3. The third kappa shape index (κ3) is 5.06. The normalized spacial score (nSPS) is 20.0. The number of hydrogen-bond acceptors (Lipinski definition) is 5. The molecule has 0 spiro atoms.